The number of aliphatic hydroxyl groups excluding tert-OH is 3. The molecule has 3 heteroatoms. The van der Waals surface area contributed by atoms with Crippen molar-refractivity contribution in [3.63, 3.8) is 0 Å². The van der Waals surface area contributed by atoms with Crippen molar-refractivity contribution in [2.45, 2.75) is 107 Å². The Labute approximate surface area is 261 Å². The van der Waals surface area contributed by atoms with Gasteiger partial charge in [-0.25, -0.2) is 0 Å². The number of aliphatic hydroxyl groups is 3. The quantitative estimate of drug-likeness (QED) is 0.218. The van der Waals surface area contributed by atoms with Crippen LogP contribution >= 0.6 is 0 Å². The standard InChI is InChI=1S/C40H52O3/c1-28(17-13-19-30(3)21-23-35-32(5)25-34(41)26-39(35,7)8)15-11-12-16-29(2)18-14-20-31(4)22-24-36-33(6)38(43)37(42)27-40(36,9)10/h11-20,34,37-38,41-43H,25-27H2,1-10H3/b12-11+,17-13+,18-14+,28-15+,29-16+,30-19+,31-20+. The molecule has 0 aromatic carbocycles. The lowest BCUT2D eigenvalue weighted by molar-refractivity contribution is 0.00721. The fourth-order valence-corrected chi connectivity index (χ4v) is 5.67. The SMILES string of the molecule is CC1=C(C#C/C(C)=C/C=C/C(C)=C/C=C/C=C(C)/C=C/C=C(\C)C#CC2=C(C)C(O)C(O)CC2(C)C)C(C)(C)CC(O)C1. The van der Waals surface area contributed by atoms with Crippen LogP contribution in [0.15, 0.2) is 105 Å². The van der Waals surface area contributed by atoms with Crippen molar-refractivity contribution >= 4 is 0 Å². The number of allylic oxidation sites excluding steroid dienone is 16. The molecule has 0 amide bonds. The first-order valence-electron chi connectivity index (χ1n) is 15.2. The minimum absolute atomic E-state index is 0.0919. The van der Waals surface area contributed by atoms with Gasteiger partial charge in [-0.05, 0) is 77.5 Å². The molecule has 0 heterocycles. The first-order valence-corrected chi connectivity index (χ1v) is 15.2. The lowest BCUT2D eigenvalue weighted by Gasteiger charge is -2.37. The van der Waals surface area contributed by atoms with Crippen molar-refractivity contribution in [3.8, 4) is 23.7 Å². The summed E-state index contributed by atoms with van der Waals surface area (Å²) >= 11 is 0. The molecule has 0 aromatic heterocycles. The molecule has 0 saturated heterocycles. The highest BCUT2D eigenvalue weighted by molar-refractivity contribution is 5.47. The zero-order valence-corrected chi connectivity index (χ0v) is 28.0. The largest absolute Gasteiger partial charge is 0.393 e. The van der Waals surface area contributed by atoms with Gasteiger partial charge in [-0.2, -0.15) is 0 Å². The Morgan fingerprint density at radius 2 is 1.14 bits per heavy atom. The molecule has 0 aromatic rings. The van der Waals surface area contributed by atoms with Crippen molar-refractivity contribution in [3.05, 3.63) is 105 Å². The maximum absolute atomic E-state index is 10.2. The molecule has 3 nitrogen and oxygen atoms in total. The van der Waals surface area contributed by atoms with E-state index in [2.05, 4.69) is 90.4 Å². The summed E-state index contributed by atoms with van der Waals surface area (Å²) in [5.74, 6) is 13.1. The van der Waals surface area contributed by atoms with Crippen LogP contribution in [0.1, 0.15) is 88.5 Å². The third-order valence-electron chi connectivity index (χ3n) is 8.00. The maximum Gasteiger partial charge on any atom is 0.102 e. The van der Waals surface area contributed by atoms with Crippen molar-refractivity contribution < 1.29 is 15.3 Å². The van der Waals surface area contributed by atoms with E-state index < -0.39 is 12.2 Å². The second-order valence-electron chi connectivity index (χ2n) is 13.4. The summed E-state index contributed by atoms with van der Waals surface area (Å²) in [5.41, 5.74) is 7.87. The lowest BCUT2D eigenvalue weighted by Crippen LogP contribution is -2.39. The van der Waals surface area contributed by atoms with Crippen LogP contribution in [0.25, 0.3) is 0 Å². The fourth-order valence-electron chi connectivity index (χ4n) is 5.67. The highest BCUT2D eigenvalue weighted by atomic mass is 16.3. The van der Waals surface area contributed by atoms with E-state index >= 15 is 0 Å². The summed E-state index contributed by atoms with van der Waals surface area (Å²) in [6, 6.07) is 0. The highest BCUT2D eigenvalue weighted by Gasteiger charge is 2.37. The van der Waals surface area contributed by atoms with Gasteiger partial charge in [-0.1, -0.05) is 129 Å². The van der Waals surface area contributed by atoms with Gasteiger partial charge in [0, 0.05) is 22.0 Å². The van der Waals surface area contributed by atoms with Gasteiger partial charge in [0.2, 0.25) is 0 Å². The zero-order chi connectivity index (χ0) is 32.4. The summed E-state index contributed by atoms with van der Waals surface area (Å²) in [6.45, 7) is 20.5. The Bertz CT molecular complexity index is 1440. The van der Waals surface area contributed by atoms with E-state index in [0.29, 0.717) is 12.8 Å². The average molecular weight is 581 g/mol. The van der Waals surface area contributed by atoms with Crippen LogP contribution in [-0.2, 0) is 0 Å². The number of hydrogen-bond donors (Lipinski definition) is 3. The predicted molar refractivity (Wildman–Crippen MR) is 183 cm³/mol. The lowest BCUT2D eigenvalue weighted by atomic mass is 9.71. The molecule has 230 valence electrons. The van der Waals surface area contributed by atoms with E-state index in [9.17, 15) is 15.3 Å². The van der Waals surface area contributed by atoms with Crippen LogP contribution in [0.2, 0.25) is 0 Å². The summed E-state index contributed by atoms with van der Waals surface area (Å²) in [4.78, 5) is 0. The summed E-state index contributed by atoms with van der Waals surface area (Å²) < 4.78 is 0. The maximum atomic E-state index is 10.2. The van der Waals surface area contributed by atoms with E-state index in [1.807, 2.05) is 63.3 Å². The molecular formula is C40H52O3. The van der Waals surface area contributed by atoms with Gasteiger partial charge in [0.1, 0.15) is 6.10 Å². The second-order valence-corrected chi connectivity index (χ2v) is 13.4. The molecule has 0 spiro atoms. The minimum atomic E-state index is -0.845. The Balaban J connectivity index is 1.95. The van der Waals surface area contributed by atoms with Gasteiger partial charge in [-0.15, -0.1) is 0 Å². The molecule has 3 unspecified atom stereocenters. The minimum Gasteiger partial charge on any atom is -0.393 e. The monoisotopic (exact) mass is 580 g/mol. The molecule has 2 aliphatic carbocycles. The molecule has 2 rings (SSSR count). The van der Waals surface area contributed by atoms with Crippen LogP contribution in [0, 0.1) is 34.5 Å². The Morgan fingerprint density at radius 3 is 1.63 bits per heavy atom. The highest BCUT2D eigenvalue weighted by Crippen LogP contribution is 2.41. The molecule has 0 fully saturated rings. The van der Waals surface area contributed by atoms with Crippen LogP contribution < -0.4 is 0 Å². The molecule has 0 aliphatic heterocycles. The van der Waals surface area contributed by atoms with Gasteiger partial charge in [-0.3, -0.25) is 0 Å². The zero-order valence-electron chi connectivity index (χ0n) is 28.0. The molecule has 0 saturated carbocycles. The van der Waals surface area contributed by atoms with E-state index in [1.54, 1.807) is 0 Å². The summed E-state index contributed by atoms with van der Waals surface area (Å²) in [6.07, 6.45) is 20.5. The van der Waals surface area contributed by atoms with Crippen LogP contribution in [0.5, 0.6) is 0 Å². The van der Waals surface area contributed by atoms with E-state index in [1.165, 1.54) is 5.57 Å². The van der Waals surface area contributed by atoms with Crippen molar-refractivity contribution in [2.24, 2.45) is 10.8 Å². The van der Waals surface area contributed by atoms with Crippen LogP contribution in [-0.4, -0.2) is 33.6 Å². The van der Waals surface area contributed by atoms with Crippen molar-refractivity contribution in [1.82, 2.24) is 0 Å². The first-order chi connectivity index (χ1) is 20.0. The average Bonchev–Trinajstić information content (AvgIpc) is 2.88. The molecule has 43 heavy (non-hydrogen) atoms. The normalized spacial score (nSPS) is 25.4. The number of rotatable bonds is 6. The summed E-state index contributed by atoms with van der Waals surface area (Å²) in [5, 5.41) is 30.4. The first kappa shape index (κ1) is 35.9. The van der Waals surface area contributed by atoms with Crippen LogP contribution in [0.4, 0.5) is 0 Å². The van der Waals surface area contributed by atoms with Gasteiger partial charge < -0.3 is 15.3 Å². The fraction of sp³-hybridized carbons (Fsp3) is 0.450. The molecule has 0 bridgehead atoms. The third-order valence-corrected chi connectivity index (χ3v) is 8.00. The van der Waals surface area contributed by atoms with Gasteiger partial charge in [0.05, 0.1) is 12.2 Å². The second kappa shape index (κ2) is 15.9. The molecule has 0 radical (unpaired) electrons. The van der Waals surface area contributed by atoms with Gasteiger partial charge in [0.15, 0.2) is 0 Å². The van der Waals surface area contributed by atoms with E-state index in [0.717, 1.165) is 45.4 Å². The molecule has 2 aliphatic rings. The van der Waals surface area contributed by atoms with E-state index in [4.69, 9.17) is 0 Å². The van der Waals surface area contributed by atoms with E-state index in [-0.39, 0.29) is 16.9 Å². The predicted octanol–water partition coefficient (Wildman–Crippen LogP) is 8.41. The van der Waals surface area contributed by atoms with Crippen molar-refractivity contribution in [1.29, 1.82) is 0 Å². The number of hydrogen-bond acceptors (Lipinski definition) is 3. The Kier molecular flexibility index (Phi) is 13.3. The Morgan fingerprint density at radius 1 is 0.674 bits per heavy atom. The molecule has 3 atom stereocenters. The Hall–Kier alpha value is -3.34. The van der Waals surface area contributed by atoms with Crippen LogP contribution in [0.3, 0.4) is 0 Å². The summed E-state index contributed by atoms with van der Waals surface area (Å²) in [7, 11) is 0. The smallest absolute Gasteiger partial charge is 0.102 e. The van der Waals surface area contributed by atoms with Gasteiger partial charge in [0.25, 0.3) is 0 Å². The topological polar surface area (TPSA) is 60.7 Å². The molecule has 3 N–H and O–H groups in total. The van der Waals surface area contributed by atoms with Gasteiger partial charge >= 0.3 is 0 Å². The van der Waals surface area contributed by atoms with Crippen molar-refractivity contribution in [2.75, 3.05) is 0 Å². The molecular weight excluding hydrogens is 528 g/mol. The third kappa shape index (κ3) is 11.3.